The topological polar surface area (TPSA) is 35.2 Å². The molecule has 0 radical (unpaired) electrons. The molecule has 0 aliphatic carbocycles. The van der Waals surface area contributed by atoms with Gasteiger partial charge >= 0.3 is 0 Å². The zero-order valence-electron chi connectivity index (χ0n) is 7.12. The molecule has 1 heterocycles. The molecule has 12 heavy (non-hydrogen) atoms. The van der Waals surface area contributed by atoms with Crippen molar-refractivity contribution >= 4 is 11.3 Å². The molecule has 0 bridgehead atoms. The molecule has 1 aromatic heterocycles. The average molecular weight is 183 g/mol. The second-order valence-electron chi connectivity index (χ2n) is 2.52. The number of thiophene rings is 1. The summed E-state index contributed by atoms with van der Waals surface area (Å²) in [6.07, 6.45) is 2.64. The molecule has 0 saturated carbocycles. The van der Waals surface area contributed by atoms with Crippen LogP contribution in [0.4, 0.5) is 0 Å². The molecule has 0 aliphatic rings. The largest absolute Gasteiger partial charge is 0.496 e. The van der Waals surface area contributed by atoms with Crippen molar-refractivity contribution in [3.8, 4) is 5.75 Å². The summed E-state index contributed by atoms with van der Waals surface area (Å²) in [5.74, 6) is 0.884. The lowest BCUT2D eigenvalue weighted by Gasteiger charge is -2.03. The minimum absolute atomic E-state index is 0.0661. The summed E-state index contributed by atoms with van der Waals surface area (Å²) in [4.78, 5) is 1.15. The zero-order valence-corrected chi connectivity index (χ0v) is 7.93. The highest BCUT2D eigenvalue weighted by molar-refractivity contribution is 7.10. The fourth-order valence-corrected chi connectivity index (χ4v) is 1.80. The van der Waals surface area contributed by atoms with E-state index in [2.05, 4.69) is 6.58 Å². The summed E-state index contributed by atoms with van der Waals surface area (Å²) in [7, 11) is 1.66. The molecule has 1 rings (SSSR count). The van der Waals surface area contributed by atoms with E-state index in [1.807, 2.05) is 17.5 Å². The smallest absolute Gasteiger partial charge is 0.129 e. The predicted molar refractivity (Wildman–Crippen MR) is 52.6 cm³/mol. The van der Waals surface area contributed by atoms with Gasteiger partial charge in [-0.05, 0) is 12.5 Å². The second-order valence-corrected chi connectivity index (χ2v) is 3.46. The van der Waals surface area contributed by atoms with E-state index >= 15 is 0 Å². The van der Waals surface area contributed by atoms with Crippen LogP contribution < -0.4 is 10.5 Å². The minimum atomic E-state index is 0.0661. The van der Waals surface area contributed by atoms with E-state index in [4.69, 9.17) is 10.5 Å². The first-order chi connectivity index (χ1) is 5.77. The first-order valence-corrected chi connectivity index (χ1v) is 4.64. The van der Waals surface area contributed by atoms with Crippen LogP contribution in [0.5, 0.6) is 5.75 Å². The molecule has 0 amide bonds. The van der Waals surface area contributed by atoms with Crippen molar-refractivity contribution < 1.29 is 4.74 Å². The summed E-state index contributed by atoms with van der Waals surface area (Å²) >= 11 is 1.62. The molecule has 0 fully saturated rings. The van der Waals surface area contributed by atoms with E-state index in [9.17, 15) is 0 Å². The highest BCUT2D eigenvalue weighted by Gasteiger charge is 2.06. The lowest BCUT2D eigenvalue weighted by atomic mass is 10.2. The van der Waals surface area contributed by atoms with E-state index in [1.54, 1.807) is 18.4 Å². The second kappa shape index (κ2) is 4.28. The van der Waals surface area contributed by atoms with Gasteiger partial charge < -0.3 is 10.5 Å². The van der Waals surface area contributed by atoms with Crippen LogP contribution in [0.3, 0.4) is 0 Å². The Labute approximate surface area is 76.7 Å². The SMILES string of the molecule is C=CCC(N)c1cc(OC)cs1. The molecule has 66 valence electrons. The number of rotatable bonds is 4. The molecule has 1 atom stereocenters. The molecular weight excluding hydrogens is 170 g/mol. The van der Waals surface area contributed by atoms with Crippen LogP contribution in [0, 0.1) is 0 Å². The maximum absolute atomic E-state index is 5.86. The normalized spacial score (nSPS) is 12.5. The van der Waals surface area contributed by atoms with Crippen LogP contribution in [-0.2, 0) is 0 Å². The van der Waals surface area contributed by atoms with Gasteiger partial charge in [0.2, 0.25) is 0 Å². The summed E-state index contributed by atoms with van der Waals surface area (Å²) in [5.41, 5.74) is 5.86. The van der Waals surface area contributed by atoms with Crippen molar-refractivity contribution in [3.05, 3.63) is 29.0 Å². The third-order valence-electron chi connectivity index (χ3n) is 1.62. The Morgan fingerprint density at radius 1 is 1.83 bits per heavy atom. The van der Waals surface area contributed by atoms with Crippen molar-refractivity contribution in [1.29, 1.82) is 0 Å². The van der Waals surface area contributed by atoms with Gasteiger partial charge in [-0.15, -0.1) is 17.9 Å². The quantitative estimate of drug-likeness (QED) is 0.727. The Bertz CT molecular complexity index is 257. The Hall–Kier alpha value is -0.800. The van der Waals surface area contributed by atoms with Gasteiger partial charge in [-0.3, -0.25) is 0 Å². The lowest BCUT2D eigenvalue weighted by Crippen LogP contribution is -2.06. The molecule has 0 saturated heterocycles. The monoisotopic (exact) mass is 183 g/mol. The fraction of sp³-hybridized carbons (Fsp3) is 0.333. The molecular formula is C9H13NOS. The van der Waals surface area contributed by atoms with Crippen LogP contribution in [-0.4, -0.2) is 7.11 Å². The third-order valence-corrected chi connectivity index (χ3v) is 2.66. The van der Waals surface area contributed by atoms with Gasteiger partial charge in [-0.25, -0.2) is 0 Å². The van der Waals surface area contributed by atoms with Crippen LogP contribution in [0.15, 0.2) is 24.1 Å². The van der Waals surface area contributed by atoms with Gasteiger partial charge in [-0.1, -0.05) is 6.08 Å². The number of nitrogens with two attached hydrogens (primary N) is 1. The van der Waals surface area contributed by atoms with Crippen LogP contribution in [0.25, 0.3) is 0 Å². The van der Waals surface area contributed by atoms with Gasteiger partial charge in [-0.2, -0.15) is 0 Å². The number of hydrogen-bond donors (Lipinski definition) is 1. The summed E-state index contributed by atoms with van der Waals surface area (Å²) < 4.78 is 5.05. The van der Waals surface area contributed by atoms with Gasteiger partial charge in [0.25, 0.3) is 0 Å². The molecule has 1 aromatic rings. The standard InChI is InChI=1S/C9H13NOS/c1-3-4-8(10)9-5-7(11-2)6-12-9/h3,5-6,8H,1,4,10H2,2H3. The van der Waals surface area contributed by atoms with Crippen molar-refractivity contribution in [2.24, 2.45) is 5.73 Å². The van der Waals surface area contributed by atoms with Crippen LogP contribution in [0.1, 0.15) is 17.3 Å². The minimum Gasteiger partial charge on any atom is -0.496 e. The first kappa shape index (κ1) is 9.29. The molecule has 3 heteroatoms. The van der Waals surface area contributed by atoms with Crippen molar-refractivity contribution in [1.82, 2.24) is 0 Å². The maximum Gasteiger partial charge on any atom is 0.129 e. The number of ether oxygens (including phenoxy) is 1. The van der Waals surface area contributed by atoms with E-state index in [0.717, 1.165) is 17.0 Å². The Kier molecular flexibility index (Phi) is 3.31. The van der Waals surface area contributed by atoms with Crippen LogP contribution in [0.2, 0.25) is 0 Å². The fourth-order valence-electron chi connectivity index (χ4n) is 0.932. The van der Waals surface area contributed by atoms with Gasteiger partial charge in [0.1, 0.15) is 5.75 Å². The number of methoxy groups -OCH3 is 1. The summed E-state index contributed by atoms with van der Waals surface area (Å²) in [6, 6.07) is 2.04. The van der Waals surface area contributed by atoms with E-state index in [1.165, 1.54) is 0 Å². The van der Waals surface area contributed by atoms with Crippen molar-refractivity contribution in [2.45, 2.75) is 12.5 Å². The highest BCUT2D eigenvalue weighted by atomic mass is 32.1. The predicted octanol–water partition coefficient (Wildman–Crippen LogP) is 2.33. The summed E-state index contributed by atoms with van der Waals surface area (Å²) in [6.45, 7) is 3.65. The van der Waals surface area contributed by atoms with Crippen molar-refractivity contribution in [2.75, 3.05) is 7.11 Å². The third kappa shape index (κ3) is 2.09. The van der Waals surface area contributed by atoms with Gasteiger partial charge in [0.15, 0.2) is 0 Å². The molecule has 2 nitrogen and oxygen atoms in total. The van der Waals surface area contributed by atoms with Gasteiger partial charge in [0, 0.05) is 16.3 Å². The van der Waals surface area contributed by atoms with Gasteiger partial charge in [0.05, 0.1) is 7.11 Å². The molecule has 1 unspecified atom stereocenters. The van der Waals surface area contributed by atoms with Crippen molar-refractivity contribution in [3.63, 3.8) is 0 Å². The van der Waals surface area contributed by atoms with E-state index < -0.39 is 0 Å². The molecule has 0 aliphatic heterocycles. The summed E-state index contributed by atoms with van der Waals surface area (Å²) in [5, 5.41) is 1.96. The average Bonchev–Trinajstić information content (AvgIpc) is 2.52. The molecule has 0 aromatic carbocycles. The van der Waals surface area contributed by atoms with E-state index in [0.29, 0.717) is 0 Å². The van der Waals surface area contributed by atoms with E-state index in [-0.39, 0.29) is 6.04 Å². The molecule has 2 N–H and O–H groups in total. The highest BCUT2D eigenvalue weighted by Crippen LogP contribution is 2.27. The van der Waals surface area contributed by atoms with Crippen LogP contribution >= 0.6 is 11.3 Å². The zero-order chi connectivity index (χ0) is 8.97. The molecule has 0 spiro atoms. The Balaban J connectivity index is 2.67. The maximum atomic E-state index is 5.86. The lowest BCUT2D eigenvalue weighted by molar-refractivity contribution is 0.416. The first-order valence-electron chi connectivity index (χ1n) is 3.76. The number of hydrogen-bond acceptors (Lipinski definition) is 3. The Morgan fingerprint density at radius 3 is 3.08 bits per heavy atom. The Morgan fingerprint density at radius 2 is 2.58 bits per heavy atom.